The minimum absolute atomic E-state index is 0.0112. The van der Waals surface area contributed by atoms with Gasteiger partial charge in [-0.25, -0.2) is 13.1 Å². The van der Waals surface area contributed by atoms with E-state index < -0.39 is 10.0 Å². The van der Waals surface area contributed by atoms with E-state index in [9.17, 15) is 13.2 Å². The van der Waals surface area contributed by atoms with Crippen LogP contribution in [0.15, 0.2) is 23.1 Å². The molecule has 1 aromatic rings. The Kier molecular flexibility index (Phi) is 5.11. The first-order chi connectivity index (χ1) is 10.2. The Morgan fingerprint density at radius 2 is 1.91 bits per heavy atom. The molecule has 22 heavy (non-hydrogen) atoms. The summed E-state index contributed by atoms with van der Waals surface area (Å²) >= 11 is 6.08. The van der Waals surface area contributed by atoms with Crippen molar-refractivity contribution in [3.63, 3.8) is 0 Å². The molecule has 1 N–H and O–H groups in total. The van der Waals surface area contributed by atoms with E-state index in [4.69, 9.17) is 16.3 Å². The van der Waals surface area contributed by atoms with Crippen LogP contribution in [0.4, 0.5) is 0 Å². The molecule has 0 radical (unpaired) electrons. The third-order valence-corrected chi connectivity index (χ3v) is 5.20. The SMILES string of the molecule is CNS(=O)(=O)c1ccc(Cl)c(C(=O)N2C[C@H](C)O[C@@H](C)C2)c1. The zero-order chi connectivity index (χ0) is 16.5. The number of carbonyl (C=O) groups excluding carboxylic acids is 1. The quantitative estimate of drug-likeness (QED) is 0.899. The van der Waals surface area contributed by atoms with Crippen molar-refractivity contribution in [1.82, 2.24) is 9.62 Å². The number of halogens is 1. The molecule has 0 saturated carbocycles. The molecule has 1 aliphatic heterocycles. The monoisotopic (exact) mass is 346 g/mol. The molecule has 1 fully saturated rings. The largest absolute Gasteiger partial charge is 0.372 e. The number of hydrogen-bond acceptors (Lipinski definition) is 4. The summed E-state index contributed by atoms with van der Waals surface area (Å²) in [6.45, 7) is 4.67. The van der Waals surface area contributed by atoms with Gasteiger partial charge in [0.25, 0.3) is 5.91 Å². The highest BCUT2D eigenvalue weighted by Crippen LogP contribution is 2.23. The standard InChI is InChI=1S/C14H19ClN2O4S/c1-9-7-17(8-10(2)21-9)14(18)12-6-11(4-5-13(12)15)22(19,20)16-3/h4-6,9-10,16H,7-8H2,1-3H3/t9-,10-/m0/s1. The third kappa shape index (κ3) is 3.60. The predicted octanol–water partition coefficient (Wildman–Crippen LogP) is 1.50. The van der Waals surface area contributed by atoms with E-state index in [0.29, 0.717) is 13.1 Å². The molecular weight excluding hydrogens is 328 g/mol. The van der Waals surface area contributed by atoms with E-state index in [0.717, 1.165) is 0 Å². The van der Waals surface area contributed by atoms with Gasteiger partial charge in [-0.05, 0) is 39.1 Å². The van der Waals surface area contributed by atoms with Gasteiger partial charge in [0.2, 0.25) is 10.0 Å². The predicted molar refractivity (Wildman–Crippen MR) is 83.6 cm³/mol. The van der Waals surface area contributed by atoms with E-state index in [2.05, 4.69) is 4.72 Å². The van der Waals surface area contributed by atoms with Gasteiger partial charge in [0.1, 0.15) is 0 Å². The summed E-state index contributed by atoms with van der Waals surface area (Å²) in [4.78, 5) is 14.3. The highest BCUT2D eigenvalue weighted by atomic mass is 35.5. The molecule has 122 valence electrons. The topological polar surface area (TPSA) is 75.7 Å². The molecule has 2 atom stereocenters. The first-order valence-corrected chi connectivity index (χ1v) is 8.78. The number of nitrogens with one attached hydrogen (secondary N) is 1. The van der Waals surface area contributed by atoms with Gasteiger partial charge in [0.15, 0.2) is 0 Å². The summed E-state index contributed by atoms with van der Waals surface area (Å²) < 4.78 is 31.6. The fourth-order valence-electron chi connectivity index (χ4n) is 2.47. The number of rotatable bonds is 3. The van der Waals surface area contributed by atoms with Crippen molar-refractivity contribution in [3.8, 4) is 0 Å². The molecule has 1 aliphatic rings. The van der Waals surface area contributed by atoms with E-state index in [1.54, 1.807) is 4.90 Å². The summed E-state index contributed by atoms with van der Waals surface area (Å²) in [5, 5.41) is 0.229. The lowest BCUT2D eigenvalue weighted by Crippen LogP contribution is -2.48. The highest BCUT2D eigenvalue weighted by Gasteiger charge is 2.28. The first kappa shape index (κ1) is 17.2. The lowest BCUT2D eigenvalue weighted by atomic mass is 10.1. The van der Waals surface area contributed by atoms with Gasteiger partial charge in [-0.1, -0.05) is 11.6 Å². The maximum Gasteiger partial charge on any atom is 0.255 e. The van der Waals surface area contributed by atoms with Gasteiger partial charge in [0, 0.05) is 13.1 Å². The second-order valence-electron chi connectivity index (χ2n) is 5.32. The minimum Gasteiger partial charge on any atom is -0.372 e. The molecule has 0 spiro atoms. The van der Waals surface area contributed by atoms with E-state index in [1.165, 1.54) is 25.2 Å². The maximum atomic E-state index is 12.6. The Bertz CT molecular complexity index is 667. The van der Waals surface area contributed by atoms with Crippen LogP contribution in [-0.4, -0.2) is 51.6 Å². The zero-order valence-corrected chi connectivity index (χ0v) is 14.2. The minimum atomic E-state index is -3.63. The number of amides is 1. The van der Waals surface area contributed by atoms with E-state index in [-0.39, 0.29) is 33.6 Å². The molecular formula is C14H19ClN2O4S. The van der Waals surface area contributed by atoms with Gasteiger partial charge in [0.05, 0.1) is 27.7 Å². The molecule has 1 saturated heterocycles. The van der Waals surface area contributed by atoms with Crippen molar-refractivity contribution in [2.45, 2.75) is 31.0 Å². The summed E-state index contributed by atoms with van der Waals surface area (Å²) in [5.74, 6) is -0.292. The van der Waals surface area contributed by atoms with E-state index in [1.807, 2.05) is 13.8 Å². The lowest BCUT2D eigenvalue weighted by molar-refractivity contribution is -0.0586. The fraction of sp³-hybridized carbons (Fsp3) is 0.500. The van der Waals surface area contributed by atoms with Crippen molar-refractivity contribution >= 4 is 27.5 Å². The molecule has 2 rings (SSSR count). The van der Waals surface area contributed by atoms with Crippen molar-refractivity contribution < 1.29 is 17.9 Å². The van der Waals surface area contributed by atoms with Crippen LogP contribution in [0.25, 0.3) is 0 Å². The van der Waals surface area contributed by atoms with Crippen molar-refractivity contribution in [2.75, 3.05) is 20.1 Å². The van der Waals surface area contributed by atoms with Crippen molar-refractivity contribution in [1.29, 1.82) is 0 Å². The number of hydrogen-bond donors (Lipinski definition) is 1. The fourth-order valence-corrected chi connectivity index (χ4v) is 3.42. The van der Waals surface area contributed by atoms with Crippen LogP contribution in [0.5, 0.6) is 0 Å². The summed E-state index contributed by atoms with van der Waals surface area (Å²) in [5.41, 5.74) is 0.180. The number of carbonyl (C=O) groups is 1. The van der Waals surface area contributed by atoms with Crippen LogP contribution >= 0.6 is 11.6 Å². The average molecular weight is 347 g/mol. The van der Waals surface area contributed by atoms with Crippen LogP contribution in [-0.2, 0) is 14.8 Å². The zero-order valence-electron chi connectivity index (χ0n) is 12.7. The summed E-state index contributed by atoms with van der Waals surface area (Å²) in [6, 6.07) is 4.10. The molecule has 0 bridgehead atoms. The molecule has 1 amide bonds. The van der Waals surface area contributed by atoms with E-state index >= 15 is 0 Å². The van der Waals surface area contributed by atoms with Gasteiger partial charge in [-0.3, -0.25) is 4.79 Å². The van der Waals surface area contributed by atoms with Crippen LogP contribution < -0.4 is 4.72 Å². The van der Waals surface area contributed by atoms with Crippen molar-refractivity contribution in [2.24, 2.45) is 0 Å². The normalized spacial score (nSPS) is 22.6. The maximum absolute atomic E-state index is 12.6. The Morgan fingerprint density at radius 3 is 2.45 bits per heavy atom. The molecule has 1 heterocycles. The molecule has 0 aliphatic carbocycles. The number of morpholine rings is 1. The summed E-state index contributed by atoms with van der Waals surface area (Å²) in [6.07, 6.45) is -0.147. The van der Waals surface area contributed by atoms with Crippen LogP contribution in [0.2, 0.25) is 5.02 Å². The van der Waals surface area contributed by atoms with Crippen LogP contribution in [0.1, 0.15) is 24.2 Å². The molecule has 6 nitrogen and oxygen atoms in total. The molecule has 8 heteroatoms. The lowest BCUT2D eigenvalue weighted by Gasteiger charge is -2.35. The van der Waals surface area contributed by atoms with Gasteiger partial charge in [-0.15, -0.1) is 0 Å². The number of nitrogens with zero attached hydrogens (tertiary/aromatic N) is 1. The number of benzene rings is 1. The third-order valence-electron chi connectivity index (χ3n) is 3.45. The molecule has 1 aromatic carbocycles. The van der Waals surface area contributed by atoms with Crippen LogP contribution in [0, 0.1) is 0 Å². The van der Waals surface area contributed by atoms with Gasteiger partial charge >= 0.3 is 0 Å². The Labute approximate surface area is 135 Å². The second-order valence-corrected chi connectivity index (χ2v) is 7.61. The van der Waals surface area contributed by atoms with Gasteiger partial charge in [-0.2, -0.15) is 0 Å². The molecule has 0 unspecified atom stereocenters. The average Bonchev–Trinajstić information content (AvgIpc) is 2.45. The Morgan fingerprint density at radius 1 is 1.32 bits per heavy atom. The summed E-state index contributed by atoms with van der Waals surface area (Å²) in [7, 11) is -2.31. The van der Waals surface area contributed by atoms with Crippen molar-refractivity contribution in [3.05, 3.63) is 28.8 Å². The first-order valence-electron chi connectivity index (χ1n) is 6.92. The Balaban J connectivity index is 2.35. The van der Waals surface area contributed by atoms with Gasteiger partial charge < -0.3 is 9.64 Å². The number of sulfonamides is 1. The number of ether oxygens (including phenoxy) is 1. The van der Waals surface area contributed by atoms with Crippen LogP contribution in [0.3, 0.4) is 0 Å². The smallest absolute Gasteiger partial charge is 0.255 e. The molecule has 0 aromatic heterocycles. The second kappa shape index (κ2) is 6.54. The highest BCUT2D eigenvalue weighted by molar-refractivity contribution is 7.89. The Hall–Kier alpha value is -1.15.